The van der Waals surface area contributed by atoms with Crippen LogP contribution < -0.4 is 10.6 Å². The minimum Gasteiger partial charge on any atom is -0.444 e. The van der Waals surface area contributed by atoms with Crippen LogP contribution in [0.1, 0.15) is 83.4 Å². The zero-order valence-corrected chi connectivity index (χ0v) is 30.9. The standard InChI is InChI=1S/C39H55N3O6S/c1-28(2)23-25-42(49(46,47)34-20-18-29(3)19-21-34)33(27-43)26-30(4)22-24-40-37(44)36(41-38(45)48-39(5,6)7)35(31-14-10-8-11-15-31)32-16-12-9-13-17-32/h8-21,28,30,33,35-36,43H,22-27H2,1-7H3,(H,40,44)(H,41,45)/t30?,33-,36-/m0/s1. The van der Waals surface area contributed by atoms with Crippen molar-refractivity contribution in [2.24, 2.45) is 11.8 Å². The van der Waals surface area contributed by atoms with E-state index in [2.05, 4.69) is 10.6 Å². The van der Waals surface area contributed by atoms with Crippen molar-refractivity contribution in [2.45, 2.75) is 96.2 Å². The first-order valence-electron chi connectivity index (χ1n) is 17.2. The Morgan fingerprint density at radius 3 is 1.90 bits per heavy atom. The van der Waals surface area contributed by atoms with Gasteiger partial charge in [-0.15, -0.1) is 0 Å². The molecule has 1 unspecified atom stereocenters. The molecule has 0 fully saturated rings. The molecular formula is C39H55N3O6S. The Balaban J connectivity index is 1.79. The van der Waals surface area contributed by atoms with Crippen LogP contribution in [0, 0.1) is 18.8 Å². The summed E-state index contributed by atoms with van der Waals surface area (Å²) < 4.78 is 34.6. The lowest BCUT2D eigenvalue weighted by atomic mass is 9.84. The molecule has 3 aromatic rings. The van der Waals surface area contributed by atoms with Gasteiger partial charge in [0, 0.05) is 25.0 Å². The molecule has 268 valence electrons. The Labute approximate surface area is 293 Å². The average Bonchev–Trinajstić information content (AvgIpc) is 3.04. The molecule has 49 heavy (non-hydrogen) atoms. The average molecular weight is 694 g/mol. The van der Waals surface area contributed by atoms with Gasteiger partial charge in [-0.2, -0.15) is 4.31 Å². The Kier molecular flexibility index (Phi) is 14.8. The molecule has 0 spiro atoms. The molecule has 3 aromatic carbocycles. The fraction of sp³-hybridized carbons (Fsp3) is 0.487. The number of nitrogens with one attached hydrogen (secondary N) is 2. The highest BCUT2D eigenvalue weighted by Gasteiger charge is 2.35. The Morgan fingerprint density at radius 1 is 0.857 bits per heavy atom. The molecule has 9 nitrogen and oxygen atoms in total. The Morgan fingerprint density at radius 2 is 1.41 bits per heavy atom. The van der Waals surface area contributed by atoms with E-state index in [0.717, 1.165) is 16.7 Å². The van der Waals surface area contributed by atoms with E-state index in [9.17, 15) is 23.1 Å². The van der Waals surface area contributed by atoms with E-state index >= 15 is 0 Å². The van der Waals surface area contributed by atoms with E-state index in [-0.39, 0.29) is 35.8 Å². The molecule has 0 aromatic heterocycles. The number of hydrogen-bond acceptors (Lipinski definition) is 6. The van der Waals surface area contributed by atoms with Gasteiger partial charge in [-0.3, -0.25) is 4.79 Å². The molecule has 0 saturated heterocycles. The molecule has 0 aliphatic heterocycles. The molecule has 3 N–H and O–H groups in total. The van der Waals surface area contributed by atoms with Crippen LogP contribution in [0.2, 0.25) is 0 Å². The summed E-state index contributed by atoms with van der Waals surface area (Å²) in [6.07, 6.45) is 0.902. The third kappa shape index (κ3) is 12.3. The zero-order chi connectivity index (χ0) is 36.2. The van der Waals surface area contributed by atoms with Gasteiger partial charge in [0.05, 0.1) is 11.5 Å². The van der Waals surface area contributed by atoms with Gasteiger partial charge in [0.25, 0.3) is 0 Å². The van der Waals surface area contributed by atoms with Crippen molar-refractivity contribution < 1.29 is 27.9 Å². The predicted molar refractivity (Wildman–Crippen MR) is 195 cm³/mol. The van der Waals surface area contributed by atoms with E-state index in [1.807, 2.05) is 88.4 Å². The van der Waals surface area contributed by atoms with Gasteiger partial charge in [0.15, 0.2) is 0 Å². The third-order valence-electron chi connectivity index (χ3n) is 8.39. The van der Waals surface area contributed by atoms with Crippen LogP contribution in [0.5, 0.6) is 0 Å². The number of aliphatic hydroxyl groups excluding tert-OH is 1. The maximum Gasteiger partial charge on any atom is 0.408 e. The molecule has 10 heteroatoms. The fourth-order valence-electron chi connectivity index (χ4n) is 5.78. The number of sulfonamides is 1. The molecule has 3 atom stereocenters. The van der Waals surface area contributed by atoms with Crippen molar-refractivity contribution in [1.82, 2.24) is 14.9 Å². The first kappa shape index (κ1) is 39.7. The summed E-state index contributed by atoms with van der Waals surface area (Å²) in [5.41, 5.74) is 1.93. The monoisotopic (exact) mass is 693 g/mol. The number of amides is 2. The normalized spacial score (nSPS) is 14.0. The van der Waals surface area contributed by atoms with E-state index in [4.69, 9.17) is 4.74 Å². The molecule has 0 aliphatic rings. The smallest absolute Gasteiger partial charge is 0.408 e. The largest absolute Gasteiger partial charge is 0.444 e. The summed E-state index contributed by atoms with van der Waals surface area (Å²) in [7, 11) is -3.85. The molecule has 0 saturated carbocycles. The molecule has 0 heterocycles. The van der Waals surface area contributed by atoms with E-state index < -0.39 is 39.7 Å². The second-order valence-corrected chi connectivity index (χ2v) is 16.2. The SMILES string of the molecule is Cc1ccc(S(=O)(=O)N(CCC(C)C)[C@H](CO)CC(C)CCNC(=O)[C@@H](NC(=O)OC(C)(C)C)C(c2ccccc2)c2ccccc2)cc1. The first-order valence-corrected chi connectivity index (χ1v) is 18.6. The van der Waals surface area contributed by atoms with Crippen LogP contribution in [0.15, 0.2) is 89.8 Å². The number of alkyl carbamates (subject to hydrolysis) is 1. The number of benzene rings is 3. The maximum absolute atomic E-state index is 14.0. The van der Waals surface area contributed by atoms with Crippen LogP contribution in [-0.4, -0.2) is 67.2 Å². The van der Waals surface area contributed by atoms with Crippen LogP contribution >= 0.6 is 0 Å². The Hall–Kier alpha value is -3.73. The van der Waals surface area contributed by atoms with Crippen LogP contribution in [-0.2, 0) is 19.6 Å². The van der Waals surface area contributed by atoms with Gasteiger partial charge in [-0.1, -0.05) is 99.1 Å². The third-order valence-corrected chi connectivity index (χ3v) is 10.4. The predicted octanol–water partition coefficient (Wildman–Crippen LogP) is 6.65. The summed E-state index contributed by atoms with van der Waals surface area (Å²) in [5, 5.41) is 16.3. The number of rotatable bonds is 17. The minimum atomic E-state index is -3.85. The van der Waals surface area contributed by atoms with Crippen molar-refractivity contribution in [3.63, 3.8) is 0 Å². The molecule has 3 rings (SSSR count). The number of carbonyl (C=O) groups is 2. The van der Waals surface area contributed by atoms with Crippen LogP contribution in [0.3, 0.4) is 0 Å². The highest BCUT2D eigenvalue weighted by atomic mass is 32.2. The summed E-state index contributed by atoms with van der Waals surface area (Å²) in [6.45, 7) is 13.5. The number of hydrogen-bond donors (Lipinski definition) is 3. The van der Waals surface area contributed by atoms with Gasteiger partial charge < -0.3 is 20.5 Å². The van der Waals surface area contributed by atoms with Crippen LogP contribution in [0.25, 0.3) is 0 Å². The molecule has 0 radical (unpaired) electrons. The van der Waals surface area contributed by atoms with Crippen molar-refractivity contribution in [3.8, 4) is 0 Å². The number of aliphatic hydroxyl groups is 1. The number of aryl methyl sites for hydroxylation is 1. The van der Waals surface area contributed by atoms with E-state index in [1.165, 1.54) is 4.31 Å². The summed E-state index contributed by atoms with van der Waals surface area (Å²) in [4.78, 5) is 27.2. The lowest BCUT2D eigenvalue weighted by Gasteiger charge is -2.32. The minimum absolute atomic E-state index is 0.0384. The Bertz CT molecular complexity index is 1520. The molecule has 2 amide bonds. The molecule has 0 aliphatic carbocycles. The van der Waals surface area contributed by atoms with Crippen molar-refractivity contribution in [2.75, 3.05) is 19.7 Å². The summed E-state index contributed by atoms with van der Waals surface area (Å²) >= 11 is 0. The van der Waals surface area contributed by atoms with E-state index in [0.29, 0.717) is 25.8 Å². The van der Waals surface area contributed by atoms with Gasteiger partial charge in [-0.25, -0.2) is 13.2 Å². The fourth-order valence-corrected chi connectivity index (χ4v) is 7.42. The van der Waals surface area contributed by atoms with Crippen molar-refractivity contribution in [1.29, 1.82) is 0 Å². The number of carbonyl (C=O) groups excluding carboxylic acids is 2. The van der Waals surface area contributed by atoms with Gasteiger partial charge in [-0.05, 0) is 82.1 Å². The topological polar surface area (TPSA) is 125 Å². The zero-order valence-electron chi connectivity index (χ0n) is 30.1. The van der Waals surface area contributed by atoms with E-state index in [1.54, 1.807) is 45.0 Å². The van der Waals surface area contributed by atoms with Gasteiger partial charge >= 0.3 is 6.09 Å². The van der Waals surface area contributed by atoms with Crippen LogP contribution in [0.4, 0.5) is 4.79 Å². The highest BCUT2D eigenvalue weighted by molar-refractivity contribution is 7.89. The summed E-state index contributed by atoms with van der Waals surface area (Å²) in [6, 6.07) is 24.3. The molecule has 0 bridgehead atoms. The van der Waals surface area contributed by atoms with Gasteiger partial charge in [0.1, 0.15) is 11.6 Å². The number of nitrogens with zero attached hydrogens (tertiary/aromatic N) is 1. The lowest BCUT2D eigenvalue weighted by Crippen LogP contribution is -2.51. The maximum atomic E-state index is 14.0. The highest BCUT2D eigenvalue weighted by Crippen LogP contribution is 2.29. The van der Waals surface area contributed by atoms with Gasteiger partial charge in [0.2, 0.25) is 15.9 Å². The van der Waals surface area contributed by atoms with Crippen molar-refractivity contribution >= 4 is 22.0 Å². The first-order chi connectivity index (χ1) is 23.1. The molecular weight excluding hydrogens is 639 g/mol. The second-order valence-electron chi connectivity index (χ2n) is 14.3. The second kappa shape index (κ2) is 18.3. The lowest BCUT2D eigenvalue weighted by molar-refractivity contribution is -0.123. The quantitative estimate of drug-likeness (QED) is 0.145. The number of ether oxygens (including phenoxy) is 1. The summed E-state index contributed by atoms with van der Waals surface area (Å²) in [5.74, 6) is -0.619. The van der Waals surface area contributed by atoms with Crippen molar-refractivity contribution in [3.05, 3.63) is 102 Å².